The zero-order valence-electron chi connectivity index (χ0n) is 19.2. The summed E-state index contributed by atoms with van der Waals surface area (Å²) >= 11 is 0. The van der Waals surface area contributed by atoms with E-state index in [-0.39, 0.29) is 36.3 Å². The number of nitrogens with zero attached hydrogens (tertiary/aromatic N) is 3. The number of pyridine rings is 1. The summed E-state index contributed by atoms with van der Waals surface area (Å²) in [6.45, 7) is 2.98. The van der Waals surface area contributed by atoms with Crippen LogP contribution in [0.4, 0.5) is 42.0 Å². The summed E-state index contributed by atoms with van der Waals surface area (Å²) in [6.07, 6.45) is -2.41. The second-order valence-electron chi connectivity index (χ2n) is 8.01. The van der Waals surface area contributed by atoms with Gasteiger partial charge < -0.3 is 16.0 Å². The van der Waals surface area contributed by atoms with Crippen LogP contribution < -0.4 is 20.7 Å². The van der Waals surface area contributed by atoms with Crippen LogP contribution in [0.15, 0.2) is 36.7 Å². The number of hydrogen-bond acceptors (Lipinski definition) is 8. The number of carbonyl (C=O) groups is 1. The van der Waals surface area contributed by atoms with Crippen molar-refractivity contribution in [2.24, 2.45) is 0 Å². The second kappa shape index (κ2) is 9.60. The molecule has 3 heterocycles. The van der Waals surface area contributed by atoms with Crippen LogP contribution >= 0.6 is 0 Å². The lowest BCUT2D eigenvalue weighted by Crippen LogP contribution is -2.17. The van der Waals surface area contributed by atoms with Gasteiger partial charge in [0.05, 0.1) is 23.6 Å². The van der Waals surface area contributed by atoms with Crippen molar-refractivity contribution in [3.63, 3.8) is 0 Å². The molecule has 14 heteroatoms. The minimum atomic E-state index is -4.71. The maximum atomic E-state index is 13.6. The molecule has 0 radical (unpaired) electrons. The van der Waals surface area contributed by atoms with E-state index in [1.165, 1.54) is 19.2 Å². The van der Waals surface area contributed by atoms with E-state index < -0.39 is 27.6 Å². The molecule has 190 valence electrons. The van der Waals surface area contributed by atoms with Gasteiger partial charge in [-0.05, 0) is 49.2 Å². The number of amides is 1. The first kappa shape index (κ1) is 25.2. The molecule has 4 rings (SSSR count). The first-order valence-corrected chi connectivity index (χ1v) is 12.4. The third kappa shape index (κ3) is 5.82. The molecule has 0 aliphatic carbocycles. The number of hydrogen-bond donors (Lipinski definition) is 4. The van der Waals surface area contributed by atoms with Gasteiger partial charge in [0.1, 0.15) is 11.4 Å². The zero-order valence-corrected chi connectivity index (χ0v) is 20.0. The molecule has 10 nitrogen and oxygen atoms in total. The number of halogens is 3. The van der Waals surface area contributed by atoms with Gasteiger partial charge >= 0.3 is 6.18 Å². The van der Waals surface area contributed by atoms with Crippen molar-refractivity contribution in [2.75, 3.05) is 26.4 Å². The SMILES string of the molecule is CCS(=O)(=O)Nc1cc(CNc2nc(Nc3ccc4c(c3)CC(=O)N4)ncc2C(F)(F)F)cnc1C. The van der Waals surface area contributed by atoms with E-state index in [4.69, 9.17) is 0 Å². The summed E-state index contributed by atoms with van der Waals surface area (Å²) in [5.74, 6) is -0.830. The highest BCUT2D eigenvalue weighted by atomic mass is 32.2. The molecule has 0 saturated carbocycles. The molecule has 0 atom stereocenters. The Labute approximate surface area is 204 Å². The average Bonchev–Trinajstić information content (AvgIpc) is 3.18. The summed E-state index contributed by atoms with van der Waals surface area (Å²) < 4.78 is 67.0. The molecule has 1 aliphatic heterocycles. The number of nitrogens with one attached hydrogen (secondary N) is 4. The van der Waals surface area contributed by atoms with E-state index in [9.17, 15) is 26.4 Å². The molecular weight excluding hydrogens is 499 g/mol. The lowest BCUT2D eigenvalue weighted by atomic mass is 10.1. The van der Waals surface area contributed by atoms with Gasteiger partial charge in [0.25, 0.3) is 0 Å². The summed E-state index contributed by atoms with van der Waals surface area (Å²) in [5.41, 5.74) is 1.96. The number of fused-ring (bicyclic) bond motifs is 1. The van der Waals surface area contributed by atoms with Crippen molar-refractivity contribution in [2.45, 2.75) is 33.0 Å². The number of anilines is 5. The first-order chi connectivity index (χ1) is 16.9. The Hall–Kier alpha value is -3.94. The number of alkyl halides is 3. The van der Waals surface area contributed by atoms with Gasteiger partial charge in [-0.2, -0.15) is 18.2 Å². The fourth-order valence-corrected chi connectivity index (χ4v) is 4.11. The van der Waals surface area contributed by atoms with Gasteiger partial charge in [-0.1, -0.05) is 0 Å². The Balaban J connectivity index is 1.56. The standard InChI is InChI=1S/C22H22F3N7O3S/c1-3-36(34,35)32-18-6-13(9-26-12(18)2)10-27-20-16(22(23,24)25)11-28-21(31-20)29-15-4-5-17-14(7-15)8-19(33)30-17/h4-7,9,11,32H,3,8,10H2,1-2H3,(H,30,33)(H2,27,28,29,31). The van der Waals surface area contributed by atoms with Crippen molar-refractivity contribution in [1.82, 2.24) is 15.0 Å². The monoisotopic (exact) mass is 521 g/mol. The fourth-order valence-electron chi connectivity index (χ4n) is 3.42. The Morgan fingerprint density at radius 3 is 2.64 bits per heavy atom. The van der Waals surface area contributed by atoms with E-state index in [0.29, 0.717) is 28.8 Å². The smallest absolute Gasteiger partial charge is 0.365 e. The van der Waals surface area contributed by atoms with Crippen molar-refractivity contribution >= 4 is 44.8 Å². The van der Waals surface area contributed by atoms with Crippen LogP contribution in [0.5, 0.6) is 0 Å². The third-order valence-electron chi connectivity index (χ3n) is 5.33. The van der Waals surface area contributed by atoms with E-state index in [2.05, 4.69) is 35.6 Å². The number of aryl methyl sites for hydroxylation is 1. The summed E-state index contributed by atoms with van der Waals surface area (Å²) in [6, 6.07) is 6.52. The molecule has 36 heavy (non-hydrogen) atoms. The maximum Gasteiger partial charge on any atom is 0.421 e. The molecule has 0 spiro atoms. The van der Waals surface area contributed by atoms with Crippen molar-refractivity contribution in [3.8, 4) is 0 Å². The topological polar surface area (TPSA) is 138 Å². The van der Waals surface area contributed by atoms with Crippen molar-refractivity contribution in [3.05, 3.63) is 59.0 Å². The Bertz CT molecular complexity index is 1430. The Kier molecular flexibility index (Phi) is 6.71. The first-order valence-electron chi connectivity index (χ1n) is 10.8. The molecule has 1 aliphatic rings. The van der Waals surface area contributed by atoms with Crippen molar-refractivity contribution in [1.29, 1.82) is 0 Å². The van der Waals surface area contributed by atoms with Gasteiger partial charge in [0, 0.05) is 30.3 Å². The molecule has 1 aromatic carbocycles. The lowest BCUT2D eigenvalue weighted by Gasteiger charge is -2.16. The average molecular weight is 522 g/mol. The predicted molar refractivity (Wildman–Crippen MR) is 128 cm³/mol. The largest absolute Gasteiger partial charge is 0.421 e. The van der Waals surface area contributed by atoms with Crippen LogP contribution in [0.1, 0.15) is 29.3 Å². The minimum Gasteiger partial charge on any atom is -0.365 e. The fraction of sp³-hybridized carbons (Fsp3) is 0.273. The van der Waals surface area contributed by atoms with Crippen LogP contribution in [-0.4, -0.2) is 35.0 Å². The lowest BCUT2D eigenvalue weighted by molar-refractivity contribution is -0.137. The molecule has 0 unspecified atom stereocenters. The number of carbonyl (C=O) groups excluding carboxylic acids is 1. The van der Waals surface area contributed by atoms with E-state index in [0.717, 1.165) is 5.56 Å². The van der Waals surface area contributed by atoms with Crippen LogP contribution in [0.25, 0.3) is 0 Å². The minimum absolute atomic E-state index is 0.0823. The zero-order chi connectivity index (χ0) is 26.1. The van der Waals surface area contributed by atoms with Gasteiger partial charge in [-0.25, -0.2) is 13.4 Å². The highest BCUT2D eigenvalue weighted by molar-refractivity contribution is 7.92. The number of benzene rings is 1. The van der Waals surface area contributed by atoms with E-state index >= 15 is 0 Å². The summed E-state index contributed by atoms with van der Waals surface area (Å²) in [5, 5.41) is 8.21. The third-order valence-corrected chi connectivity index (χ3v) is 6.62. The van der Waals surface area contributed by atoms with Gasteiger partial charge in [-0.3, -0.25) is 14.5 Å². The highest BCUT2D eigenvalue weighted by Gasteiger charge is 2.35. The van der Waals surface area contributed by atoms with Crippen LogP contribution in [-0.2, 0) is 34.0 Å². The van der Waals surface area contributed by atoms with Gasteiger partial charge in [-0.15, -0.1) is 0 Å². The molecule has 0 fully saturated rings. The van der Waals surface area contributed by atoms with Crippen LogP contribution in [0.3, 0.4) is 0 Å². The second-order valence-corrected chi connectivity index (χ2v) is 10.0. The Morgan fingerprint density at radius 2 is 1.92 bits per heavy atom. The maximum absolute atomic E-state index is 13.6. The summed E-state index contributed by atoms with van der Waals surface area (Å²) in [7, 11) is -3.56. The van der Waals surface area contributed by atoms with E-state index in [1.807, 2.05) is 0 Å². The molecule has 0 saturated heterocycles. The Morgan fingerprint density at radius 1 is 1.14 bits per heavy atom. The normalized spacial score (nSPS) is 13.2. The summed E-state index contributed by atoms with van der Waals surface area (Å²) in [4.78, 5) is 23.5. The number of aromatic nitrogens is 3. The van der Waals surface area contributed by atoms with Gasteiger partial charge in [0.2, 0.25) is 21.9 Å². The molecule has 0 bridgehead atoms. The molecule has 1 amide bonds. The van der Waals surface area contributed by atoms with Gasteiger partial charge in [0.15, 0.2) is 0 Å². The van der Waals surface area contributed by atoms with Crippen LogP contribution in [0, 0.1) is 6.92 Å². The predicted octanol–water partition coefficient (Wildman–Crippen LogP) is 3.81. The molecular formula is C22H22F3N7O3S. The quantitative estimate of drug-likeness (QED) is 0.351. The molecule has 3 aromatic rings. The van der Waals surface area contributed by atoms with Crippen LogP contribution in [0.2, 0.25) is 0 Å². The molecule has 2 aromatic heterocycles. The van der Waals surface area contributed by atoms with Crippen molar-refractivity contribution < 1.29 is 26.4 Å². The molecule has 4 N–H and O–H groups in total. The highest BCUT2D eigenvalue weighted by Crippen LogP contribution is 2.35. The van der Waals surface area contributed by atoms with E-state index in [1.54, 1.807) is 25.1 Å². The number of rotatable bonds is 8. The number of sulfonamides is 1.